The molecule has 3 aromatic carbocycles. The van der Waals surface area contributed by atoms with Crippen LogP contribution in [0.25, 0.3) is 21.6 Å². The Balaban J connectivity index is 1.58. The Kier molecular flexibility index (Phi) is 6.33. The molecule has 2 aromatic heterocycles. The number of nitrogens with zero attached hydrogens (tertiary/aromatic N) is 7. The lowest BCUT2D eigenvalue weighted by atomic mass is 10.0. The smallest absolute Gasteiger partial charge is 0.259 e. The minimum absolute atomic E-state index is 0.0394. The Morgan fingerprint density at radius 2 is 1.84 bits per heavy atom. The number of hydrogen-bond donors (Lipinski definition) is 2. The molecule has 1 amide bonds. The third-order valence-electron chi connectivity index (χ3n) is 5.69. The summed E-state index contributed by atoms with van der Waals surface area (Å²) in [5.74, 6) is -0.525. The predicted molar refractivity (Wildman–Crippen MR) is 139 cm³/mol. The van der Waals surface area contributed by atoms with Gasteiger partial charge in [0.1, 0.15) is 5.69 Å². The molecular weight excluding hydrogens is 468 g/mol. The van der Waals surface area contributed by atoms with Gasteiger partial charge in [-0.05, 0) is 41.6 Å². The number of anilines is 1. The average Bonchev–Trinajstić information content (AvgIpc) is 3.36. The van der Waals surface area contributed by atoms with Crippen LogP contribution in [0, 0.1) is 6.57 Å². The first-order valence-electron chi connectivity index (χ1n) is 11.4. The molecule has 5 aromatic rings. The summed E-state index contributed by atoms with van der Waals surface area (Å²) in [6, 6.07) is 18.0. The van der Waals surface area contributed by atoms with E-state index in [1.165, 1.54) is 10.9 Å². The van der Waals surface area contributed by atoms with Gasteiger partial charge in [-0.15, -0.1) is 10.2 Å². The number of phenolic OH excluding ortho intramolecular Hbond substituents is 1. The third-order valence-corrected chi connectivity index (χ3v) is 5.69. The van der Waals surface area contributed by atoms with Gasteiger partial charge in [-0.3, -0.25) is 4.79 Å². The SMILES string of the molecule is [C-]#[N+]c1cnn(-c2ncccn2)c1/N=N/c1c(O)c(C(=O)Nc2ccc(CC)cc2)cc2ccccc12. The first kappa shape index (κ1) is 23.3. The minimum atomic E-state index is -0.492. The van der Waals surface area contributed by atoms with Crippen molar-refractivity contribution >= 4 is 39.6 Å². The van der Waals surface area contributed by atoms with Crippen LogP contribution in [-0.2, 0) is 6.42 Å². The maximum atomic E-state index is 13.1. The highest BCUT2D eigenvalue weighted by molar-refractivity contribution is 6.11. The van der Waals surface area contributed by atoms with Crippen LogP contribution >= 0.6 is 0 Å². The Morgan fingerprint density at radius 1 is 1.08 bits per heavy atom. The van der Waals surface area contributed by atoms with E-state index in [0.717, 1.165) is 12.0 Å². The Bertz CT molecular complexity index is 1670. The minimum Gasteiger partial charge on any atom is -0.505 e. The fourth-order valence-electron chi connectivity index (χ4n) is 3.76. The Hall–Kier alpha value is -5.43. The monoisotopic (exact) mass is 488 g/mol. The van der Waals surface area contributed by atoms with E-state index < -0.39 is 5.91 Å². The van der Waals surface area contributed by atoms with Gasteiger partial charge in [0.25, 0.3) is 17.5 Å². The van der Waals surface area contributed by atoms with E-state index in [2.05, 4.69) is 42.4 Å². The molecule has 0 aliphatic rings. The lowest BCUT2D eigenvalue weighted by Gasteiger charge is -2.11. The summed E-state index contributed by atoms with van der Waals surface area (Å²) < 4.78 is 1.28. The van der Waals surface area contributed by atoms with Gasteiger partial charge in [-0.2, -0.15) is 9.78 Å². The number of nitrogens with one attached hydrogen (secondary N) is 1. The molecule has 0 unspecified atom stereocenters. The molecule has 0 aliphatic heterocycles. The zero-order chi connectivity index (χ0) is 25.8. The van der Waals surface area contributed by atoms with Crippen molar-refractivity contribution in [2.45, 2.75) is 13.3 Å². The predicted octanol–water partition coefficient (Wildman–Crippen LogP) is 6.30. The van der Waals surface area contributed by atoms with Crippen molar-refractivity contribution in [2.75, 3.05) is 5.32 Å². The molecule has 37 heavy (non-hydrogen) atoms. The van der Waals surface area contributed by atoms with Crippen LogP contribution in [0.15, 0.2) is 89.5 Å². The number of aromatic hydroxyl groups is 1. The van der Waals surface area contributed by atoms with Crippen LogP contribution in [-0.4, -0.2) is 30.8 Å². The number of rotatable bonds is 6. The van der Waals surface area contributed by atoms with Gasteiger partial charge in [0.2, 0.25) is 0 Å². The first-order valence-corrected chi connectivity index (χ1v) is 11.4. The second-order valence-corrected chi connectivity index (χ2v) is 7.97. The van der Waals surface area contributed by atoms with Crippen LogP contribution in [0.2, 0.25) is 0 Å². The standard InChI is InChI=1S/C27H20N8O2/c1-3-17-9-11-19(12-10-17)32-26(37)21-15-18-7-4-5-8-20(18)23(24(21)36)33-34-25-22(28-2)16-31-35(25)27-29-13-6-14-30-27/h4-16,36H,3H2,1H3,(H,32,37)/b34-33+. The lowest BCUT2D eigenvalue weighted by molar-refractivity contribution is 0.102. The largest absolute Gasteiger partial charge is 0.505 e. The van der Waals surface area contributed by atoms with Gasteiger partial charge < -0.3 is 10.4 Å². The van der Waals surface area contributed by atoms with Gasteiger partial charge in [0, 0.05) is 23.5 Å². The van der Waals surface area contributed by atoms with E-state index in [-0.39, 0.29) is 34.5 Å². The zero-order valence-corrected chi connectivity index (χ0v) is 19.7. The van der Waals surface area contributed by atoms with Crippen molar-refractivity contribution in [1.82, 2.24) is 19.7 Å². The molecule has 0 atom stereocenters. The van der Waals surface area contributed by atoms with Crippen LogP contribution in [0.5, 0.6) is 5.75 Å². The average molecular weight is 489 g/mol. The second-order valence-electron chi connectivity index (χ2n) is 7.97. The van der Waals surface area contributed by atoms with Crippen molar-refractivity contribution in [3.05, 3.63) is 102 Å². The molecule has 180 valence electrons. The number of phenols is 1. The molecule has 5 rings (SSSR count). The summed E-state index contributed by atoms with van der Waals surface area (Å²) in [5, 5.41) is 27.9. The maximum Gasteiger partial charge on any atom is 0.259 e. The highest BCUT2D eigenvalue weighted by Crippen LogP contribution is 2.40. The van der Waals surface area contributed by atoms with Crippen molar-refractivity contribution in [1.29, 1.82) is 0 Å². The van der Waals surface area contributed by atoms with E-state index in [1.807, 2.05) is 36.4 Å². The lowest BCUT2D eigenvalue weighted by Crippen LogP contribution is -2.12. The van der Waals surface area contributed by atoms with Crippen molar-refractivity contribution < 1.29 is 9.90 Å². The topological polar surface area (TPSA) is 122 Å². The quantitative estimate of drug-likeness (QED) is 0.214. The molecule has 10 nitrogen and oxygen atoms in total. The fourth-order valence-corrected chi connectivity index (χ4v) is 3.76. The highest BCUT2D eigenvalue weighted by atomic mass is 16.3. The number of aromatic nitrogens is 4. The summed E-state index contributed by atoms with van der Waals surface area (Å²) in [6.45, 7) is 9.52. The van der Waals surface area contributed by atoms with Gasteiger partial charge in [0.05, 0.1) is 18.3 Å². The molecule has 2 heterocycles. The first-order chi connectivity index (χ1) is 18.1. The highest BCUT2D eigenvalue weighted by Gasteiger charge is 2.20. The number of benzene rings is 3. The Labute approximate surface area is 211 Å². The molecule has 0 fully saturated rings. The van der Waals surface area contributed by atoms with Gasteiger partial charge in [-0.1, -0.05) is 43.3 Å². The summed E-state index contributed by atoms with van der Waals surface area (Å²) in [6.07, 6.45) is 5.31. The zero-order valence-electron chi connectivity index (χ0n) is 19.7. The molecule has 0 saturated heterocycles. The van der Waals surface area contributed by atoms with Gasteiger partial charge in [-0.25, -0.2) is 14.8 Å². The summed E-state index contributed by atoms with van der Waals surface area (Å²) in [4.78, 5) is 24.9. The van der Waals surface area contributed by atoms with Crippen LogP contribution < -0.4 is 5.32 Å². The Morgan fingerprint density at radius 3 is 2.57 bits per heavy atom. The number of carbonyl (C=O) groups excluding carboxylic acids is 1. The van der Waals surface area contributed by atoms with Crippen molar-refractivity contribution in [3.8, 4) is 11.7 Å². The van der Waals surface area contributed by atoms with Crippen LogP contribution in [0.4, 0.5) is 22.9 Å². The maximum absolute atomic E-state index is 13.1. The van der Waals surface area contributed by atoms with E-state index >= 15 is 0 Å². The number of azo groups is 1. The number of fused-ring (bicyclic) bond motifs is 1. The third kappa shape index (κ3) is 4.61. The number of amides is 1. The molecule has 2 N–H and O–H groups in total. The molecule has 0 bridgehead atoms. The molecule has 0 radical (unpaired) electrons. The summed E-state index contributed by atoms with van der Waals surface area (Å²) in [5.41, 5.74) is 2.00. The van der Waals surface area contributed by atoms with Crippen LogP contribution in [0.1, 0.15) is 22.8 Å². The van der Waals surface area contributed by atoms with E-state index in [4.69, 9.17) is 6.57 Å². The van der Waals surface area contributed by atoms with E-state index in [9.17, 15) is 9.90 Å². The van der Waals surface area contributed by atoms with Crippen molar-refractivity contribution in [3.63, 3.8) is 0 Å². The van der Waals surface area contributed by atoms with Gasteiger partial charge >= 0.3 is 0 Å². The molecule has 0 aliphatic carbocycles. The van der Waals surface area contributed by atoms with E-state index in [1.54, 1.807) is 36.7 Å². The van der Waals surface area contributed by atoms with Crippen LogP contribution in [0.3, 0.4) is 0 Å². The summed E-state index contributed by atoms with van der Waals surface area (Å²) >= 11 is 0. The fraction of sp³-hybridized carbons (Fsp3) is 0.0741. The number of carbonyl (C=O) groups is 1. The van der Waals surface area contributed by atoms with E-state index in [0.29, 0.717) is 16.5 Å². The number of aryl methyl sites for hydroxylation is 1. The second kappa shape index (κ2) is 10.1. The molecule has 10 heteroatoms. The number of hydrogen-bond acceptors (Lipinski definition) is 7. The summed E-state index contributed by atoms with van der Waals surface area (Å²) in [7, 11) is 0. The normalized spacial score (nSPS) is 11.0. The molecule has 0 saturated carbocycles. The molecule has 0 spiro atoms. The molecular formula is C27H20N8O2. The van der Waals surface area contributed by atoms with Crippen molar-refractivity contribution in [2.24, 2.45) is 10.2 Å². The van der Waals surface area contributed by atoms with Gasteiger partial charge in [0.15, 0.2) is 11.6 Å².